The third kappa shape index (κ3) is 3.91. The van der Waals surface area contributed by atoms with Crippen LogP contribution in [0.4, 0.5) is 5.69 Å². The molecule has 1 aromatic heterocycles. The summed E-state index contributed by atoms with van der Waals surface area (Å²) in [5.74, 6) is 2.10. The molecule has 1 saturated heterocycles. The minimum atomic E-state index is -0.174. The SMILES string of the molecule is CCOc1ccc(-c2noc(C3CC(=O)N(c4ccc(OC)c(Cl)c4)C3)n2)cc1. The molecule has 8 heteroatoms. The quantitative estimate of drug-likeness (QED) is 0.599. The van der Waals surface area contributed by atoms with Crippen LogP contribution in [-0.4, -0.2) is 36.3 Å². The van der Waals surface area contributed by atoms with Crippen molar-refractivity contribution in [2.75, 3.05) is 25.2 Å². The smallest absolute Gasteiger partial charge is 0.232 e. The highest BCUT2D eigenvalue weighted by Gasteiger charge is 2.35. The first-order valence-corrected chi connectivity index (χ1v) is 9.67. The molecule has 2 aromatic carbocycles. The van der Waals surface area contributed by atoms with Crippen LogP contribution >= 0.6 is 11.6 Å². The Hall–Kier alpha value is -3.06. The monoisotopic (exact) mass is 413 g/mol. The zero-order valence-corrected chi connectivity index (χ0v) is 16.8. The van der Waals surface area contributed by atoms with Crippen LogP contribution in [0.5, 0.6) is 11.5 Å². The predicted molar refractivity (Wildman–Crippen MR) is 109 cm³/mol. The molecule has 1 unspecified atom stereocenters. The zero-order chi connectivity index (χ0) is 20.4. The summed E-state index contributed by atoms with van der Waals surface area (Å²) in [6.45, 7) is 3.00. The lowest BCUT2D eigenvalue weighted by molar-refractivity contribution is -0.117. The minimum absolute atomic E-state index is 0.0166. The molecular formula is C21H20ClN3O4. The molecule has 0 saturated carbocycles. The number of halogens is 1. The van der Waals surface area contributed by atoms with Crippen LogP contribution in [0.25, 0.3) is 11.4 Å². The third-order valence-corrected chi connectivity index (χ3v) is 5.08. The summed E-state index contributed by atoms with van der Waals surface area (Å²) in [5, 5.41) is 4.53. The average Bonchev–Trinajstić information content (AvgIpc) is 3.36. The Balaban J connectivity index is 1.50. The predicted octanol–water partition coefficient (Wildman–Crippen LogP) is 4.32. The van der Waals surface area contributed by atoms with E-state index < -0.39 is 0 Å². The summed E-state index contributed by atoms with van der Waals surface area (Å²) in [4.78, 5) is 18.7. The lowest BCUT2D eigenvalue weighted by Crippen LogP contribution is -2.24. The molecule has 2 heterocycles. The first-order valence-electron chi connectivity index (χ1n) is 9.29. The van der Waals surface area contributed by atoms with Crippen LogP contribution in [0.15, 0.2) is 47.0 Å². The fourth-order valence-corrected chi connectivity index (χ4v) is 3.58. The Bertz CT molecular complexity index is 1020. The second kappa shape index (κ2) is 8.13. The van der Waals surface area contributed by atoms with Gasteiger partial charge in [-0.25, -0.2) is 0 Å². The number of benzene rings is 2. The van der Waals surface area contributed by atoms with Crippen LogP contribution < -0.4 is 14.4 Å². The molecule has 29 heavy (non-hydrogen) atoms. The highest BCUT2D eigenvalue weighted by atomic mass is 35.5. The number of methoxy groups -OCH3 is 1. The van der Waals surface area contributed by atoms with E-state index in [1.165, 1.54) is 0 Å². The van der Waals surface area contributed by atoms with E-state index in [0.29, 0.717) is 42.1 Å². The normalized spacial score (nSPS) is 16.3. The first-order chi connectivity index (χ1) is 14.1. The molecule has 3 aromatic rings. The number of carbonyl (C=O) groups excluding carboxylic acids is 1. The number of carbonyl (C=O) groups is 1. The highest BCUT2D eigenvalue weighted by molar-refractivity contribution is 6.32. The maximum atomic E-state index is 12.5. The molecule has 1 aliphatic rings. The second-order valence-electron chi connectivity index (χ2n) is 6.64. The van der Waals surface area contributed by atoms with E-state index in [0.717, 1.165) is 17.0 Å². The number of rotatable bonds is 6. The van der Waals surface area contributed by atoms with Crippen molar-refractivity contribution in [3.8, 4) is 22.9 Å². The van der Waals surface area contributed by atoms with Gasteiger partial charge in [0.15, 0.2) is 0 Å². The van der Waals surface area contributed by atoms with E-state index in [1.54, 1.807) is 24.1 Å². The second-order valence-corrected chi connectivity index (χ2v) is 7.05. The Morgan fingerprint density at radius 3 is 2.72 bits per heavy atom. The molecule has 0 spiro atoms. The summed E-state index contributed by atoms with van der Waals surface area (Å²) < 4.78 is 16.1. The standard InChI is InChI=1S/C21H20ClN3O4/c1-3-28-16-7-4-13(5-8-16)20-23-21(29-24-20)14-10-19(26)25(12-14)15-6-9-18(27-2)17(22)11-15/h4-9,11,14H,3,10,12H2,1-2H3. The Kier molecular flexibility index (Phi) is 5.40. The van der Waals surface area contributed by atoms with Crippen molar-refractivity contribution in [1.29, 1.82) is 0 Å². The van der Waals surface area contributed by atoms with Crippen molar-refractivity contribution in [1.82, 2.24) is 10.1 Å². The molecular weight excluding hydrogens is 394 g/mol. The van der Waals surface area contributed by atoms with Gasteiger partial charge in [0, 0.05) is 24.2 Å². The molecule has 0 aliphatic carbocycles. The largest absolute Gasteiger partial charge is 0.495 e. The number of nitrogens with zero attached hydrogens (tertiary/aromatic N) is 3. The lowest BCUT2D eigenvalue weighted by atomic mass is 10.1. The summed E-state index contributed by atoms with van der Waals surface area (Å²) in [6, 6.07) is 12.8. The number of ether oxygens (including phenoxy) is 2. The van der Waals surface area contributed by atoms with Crippen LogP contribution in [0.1, 0.15) is 25.2 Å². The van der Waals surface area contributed by atoms with Gasteiger partial charge in [-0.2, -0.15) is 4.98 Å². The Morgan fingerprint density at radius 2 is 2.03 bits per heavy atom. The number of amides is 1. The molecule has 0 bridgehead atoms. The van der Waals surface area contributed by atoms with Gasteiger partial charge in [-0.1, -0.05) is 16.8 Å². The van der Waals surface area contributed by atoms with Crippen molar-refractivity contribution in [3.05, 3.63) is 53.4 Å². The summed E-state index contributed by atoms with van der Waals surface area (Å²) >= 11 is 6.20. The fourth-order valence-electron chi connectivity index (χ4n) is 3.33. The molecule has 150 valence electrons. The first kappa shape index (κ1) is 19.3. The molecule has 0 N–H and O–H groups in total. The molecule has 1 amide bonds. The van der Waals surface area contributed by atoms with Crippen LogP contribution in [0, 0.1) is 0 Å². The molecule has 1 atom stereocenters. The van der Waals surface area contributed by atoms with Gasteiger partial charge in [-0.15, -0.1) is 0 Å². The average molecular weight is 414 g/mol. The van der Waals surface area contributed by atoms with Gasteiger partial charge in [-0.05, 0) is 49.4 Å². The highest BCUT2D eigenvalue weighted by Crippen LogP contribution is 2.35. The third-order valence-electron chi connectivity index (χ3n) is 4.79. The van der Waals surface area contributed by atoms with E-state index >= 15 is 0 Å². The van der Waals surface area contributed by atoms with E-state index in [1.807, 2.05) is 37.3 Å². The molecule has 0 radical (unpaired) electrons. The molecule has 4 rings (SSSR count). The van der Waals surface area contributed by atoms with Gasteiger partial charge in [0.1, 0.15) is 11.5 Å². The summed E-state index contributed by atoms with van der Waals surface area (Å²) in [6.07, 6.45) is 0.300. The maximum absolute atomic E-state index is 12.5. The van der Waals surface area contributed by atoms with Gasteiger partial charge >= 0.3 is 0 Å². The van der Waals surface area contributed by atoms with Gasteiger partial charge in [0.25, 0.3) is 0 Å². The van der Waals surface area contributed by atoms with Crippen molar-refractivity contribution >= 4 is 23.2 Å². The lowest BCUT2D eigenvalue weighted by Gasteiger charge is -2.17. The van der Waals surface area contributed by atoms with Crippen LogP contribution in [0.3, 0.4) is 0 Å². The van der Waals surface area contributed by atoms with Crippen molar-refractivity contribution in [2.24, 2.45) is 0 Å². The van der Waals surface area contributed by atoms with Crippen molar-refractivity contribution < 1.29 is 18.8 Å². The van der Waals surface area contributed by atoms with Gasteiger partial charge in [0.05, 0.1) is 24.7 Å². The Morgan fingerprint density at radius 1 is 1.24 bits per heavy atom. The number of hydrogen-bond donors (Lipinski definition) is 0. The van der Waals surface area contributed by atoms with Crippen LogP contribution in [-0.2, 0) is 4.79 Å². The van der Waals surface area contributed by atoms with Crippen molar-refractivity contribution in [2.45, 2.75) is 19.3 Å². The maximum Gasteiger partial charge on any atom is 0.232 e. The number of hydrogen-bond acceptors (Lipinski definition) is 6. The van der Waals surface area contributed by atoms with Gasteiger partial charge in [-0.3, -0.25) is 4.79 Å². The minimum Gasteiger partial charge on any atom is -0.495 e. The summed E-state index contributed by atoms with van der Waals surface area (Å²) in [5.41, 5.74) is 1.54. The van der Waals surface area contributed by atoms with E-state index in [9.17, 15) is 4.79 Å². The summed E-state index contributed by atoms with van der Waals surface area (Å²) in [7, 11) is 1.55. The fraction of sp³-hybridized carbons (Fsp3) is 0.286. The van der Waals surface area contributed by atoms with Crippen LogP contribution in [0.2, 0.25) is 5.02 Å². The number of anilines is 1. The molecule has 1 fully saturated rings. The van der Waals surface area contributed by atoms with E-state index in [4.69, 9.17) is 25.6 Å². The topological polar surface area (TPSA) is 77.7 Å². The molecule has 7 nitrogen and oxygen atoms in total. The van der Waals surface area contributed by atoms with Gasteiger partial charge in [0.2, 0.25) is 17.6 Å². The van der Waals surface area contributed by atoms with Gasteiger partial charge < -0.3 is 18.9 Å². The van der Waals surface area contributed by atoms with E-state index in [-0.39, 0.29) is 11.8 Å². The Labute approximate surface area is 173 Å². The van der Waals surface area contributed by atoms with E-state index in [2.05, 4.69) is 10.1 Å². The number of aromatic nitrogens is 2. The zero-order valence-electron chi connectivity index (χ0n) is 16.1. The van der Waals surface area contributed by atoms with Crippen molar-refractivity contribution in [3.63, 3.8) is 0 Å². The molecule has 1 aliphatic heterocycles.